The first-order valence-electron chi connectivity index (χ1n) is 7.45. The molecule has 110 valence electrons. The van der Waals surface area contributed by atoms with Crippen molar-refractivity contribution in [2.75, 3.05) is 19.6 Å². The van der Waals surface area contributed by atoms with E-state index in [1.165, 1.54) is 18.4 Å². The summed E-state index contributed by atoms with van der Waals surface area (Å²) >= 11 is 0. The number of benzene rings is 1. The molecule has 0 atom stereocenters. The summed E-state index contributed by atoms with van der Waals surface area (Å²) in [5.41, 5.74) is 1.19. The standard InChI is InChI=1S/C16H24N2O2/c1-3-4-5-9-17-16(19)18-11-15(12-18)20-14-8-6-7-13(2)10-14/h6-8,10,15H,3-5,9,11-12H2,1-2H3,(H,17,19). The number of likely N-dealkylation sites (tertiary alicyclic amines) is 1. The molecule has 0 spiro atoms. The number of amides is 2. The van der Waals surface area contributed by atoms with Crippen molar-refractivity contribution in [3.63, 3.8) is 0 Å². The molecule has 2 rings (SSSR count). The minimum atomic E-state index is 0.0326. The maximum absolute atomic E-state index is 11.8. The lowest BCUT2D eigenvalue weighted by Gasteiger charge is -2.38. The molecule has 1 fully saturated rings. The molecule has 1 heterocycles. The fraction of sp³-hybridized carbons (Fsp3) is 0.562. The largest absolute Gasteiger partial charge is 0.487 e. The van der Waals surface area contributed by atoms with Gasteiger partial charge >= 0.3 is 6.03 Å². The van der Waals surface area contributed by atoms with Gasteiger partial charge in [-0.1, -0.05) is 31.9 Å². The zero-order chi connectivity index (χ0) is 14.4. The highest BCUT2D eigenvalue weighted by Gasteiger charge is 2.32. The molecular formula is C16H24N2O2. The van der Waals surface area contributed by atoms with Gasteiger partial charge in [-0.25, -0.2) is 4.79 Å². The average molecular weight is 276 g/mol. The van der Waals surface area contributed by atoms with Crippen LogP contribution in [0.15, 0.2) is 24.3 Å². The molecule has 1 saturated heterocycles. The topological polar surface area (TPSA) is 41.6 Å². The third-order valence-electron chi connectivity index (χ3n) is 3.48. The molecule has 1 aromatic carbocycles. The minimum Gasteiger partial charge on any atom is -0.487 e. The van der Waals surface area contributed by atoms with Crippen molar-refractivity contribution in [2.45, 2.75) is 39.2 Å². The lowest BCUT2D eigenvalue weighted by molar-refractivity contribution is 0.0444. The molecule has 1 aliphatic heterocycles. The van der Waals surface area contributed by atoms with Crippen LogP contribution < -0.4 is 10.1 Å². The zero-order valence-corrected chi connectivity index (χ0v) is 12.4. The molecule has 0 bridgehead atoms. The van der Waals surface area contributed by atoms with Crippen LogP contribution in [0.25, 0.3) is 0 Å². The van der Waals surface area contributed by atoms with Crippen LogP contribution in [0.2, 0.25) is 0 Å². The van der Waals surface area contributed by atoms with Gasteiger partial charge in [0.2, 0.25) is 0 Å². The molecule has 0 radical (unpaired) electrons. The van der Waals surface area contributed by atoms with Gasteiger partial charge in [-0.15, -0.1) is 0 Å². The lowest BCUT2D eigenvalue weighted by Crippen LogP contribution is -2.58. The molecule has 1 aromatic rings. The monoisotopic (exact) mass is 276 g/mol. The Balaban J connectivity index is 1.65. The van der Waals surface area contributed by atoms with E-state index in [9.17, 15) is 4.79 Å². The van der Waals surface area contributed by atoms with Crippen LogP contribution in [-0.4, -0.2) is 36.7 Å². The van der Waals surface area contributed by atoms with E-state index in [-0.39, 0.29) is 12.1 Å². The summed E-state index contributed by atoms with van der Waals surface area (Å²) in [6.07, 6.45) is 3.52. The Bertz CT molecular complexity index is 442. The molecule has 0 unspecified atom stereocenters. The number of hydrogen-bond acceptors (Lipinski definition) is 2. The van der Waals surface area contributed by atoms with Gasteiger partial charge in [-0.2, -0.15) is 0 Å². The number of carbonyl (C=O) groups excluding carboxylic acids is 1. The van der Waals surface area contributed by atoms with Gasteiger partial charge < -0.3 is 15.0 Å². The third-order valence-corrected chi connectivity index (χ3v) is 3.48. The first-order valence-corrected chi connectivity index (χ1v) is 7.45. The Morgan fingerprint density at radius 1 is 1.40 bits per heavy atom. The molecular weight excluding hydrogens is 252 g/mol. The first kappa shape index (κ1) is 14.7. The van der Waals surface area contributed by atoms with Crippen molar-refractivity contribution < 1.29 is 9.53 Å². The number of hydrogen-bond donors (Lipinski definition) is 1. The van der Waals surface area contributed by atoms with Crippen LogP contribution in [-0.2, 0) is 0 Å². The quantitative estimate of drug-likeness (QED) is 0.812. The number of unbranched alkanes of at least 4 members (excludes halogenated alkanes) is 2. The molecule has 1 N–H and O–H groups in total. The van der Waals surface area contributed by atoms with Gasteiger partial charge in [0.25, 0.3) is 0 Å². The number of ether oxygens (including phenoxy) is 1. The Morgan fingerprint density at radius 3 is 2.90 bits per heavy atom. The van der Waals surface area contributed by atoms with E-state index in [4.69, 9.17) is 4.74 Å². The van der Waals surface area contributed by atoms with Gasteiger partial charge in [0, 0.05) is 6.54 Å². The van der Waals surface area contributed by atoms with E-state index in [1.54, 1.807) is 4.90 Å². The highest BCUT2D eigenvalue weighted by Crippen LogP contribution is 2.19. The summed E-state index contributed by atoms with van der Waals surface area (Å²) in [4.78, 5) is 13.6. The number of aryl methyl sites for hydroxylation is 1. The number of urea groups is 1. The molecule has 4 heteroatoms. The van der Waals surface area contributed by atoms with Gasteiger partial charge in [0.15, 0.2) is 0 Å². The van der Waals surface area contributed by atoms with E-state index in [0.29, 0.717) is 13.1 Å². The summed E-state index contributed by atoms with van der Waals surface area (Å²) in [7, 11) is 0. The summed E-state index contributed by atoms with van der Waals surface area (Å²) in [6, 6.07) is 8.05. The second-order valence-corrected chi connectivity index (χ2v) is 5.40. The van der Waals surface area contributed by atoms with Gasteiger partial charge in [0.1, 0.15) is 11.9 Å². The fourth-order valence-electron chi connectivity index (χ4n) is 2.24. The fourth-order valence-corrected chi connectivity index (χ4v) is 2.24. The maximum Gasteiger partial charge on any atom is 0.317 e. The molecule has 0 aliphatic carbocycles. The second kappa shape index (κ2) is 7.17. The molecule has 4 nitrogen and oxygen atoms in total. The van der Waals surface area contributed by atoms with Crippen molar-refractivity contribution in [1.29, 1.82) is 0 Å². The number of nitrogens with zero attached hydrogens (tertiary/aromatic N) is 1. The Hall–Kier alpha value is -1.71. The van der Waals surface area contributed by atoms with E-state index in [2.05, 4.69) is 12.2 Å². The summed E-state index contributed by atoms with van der Waals surface area (Å²) in [6.45, 7) is 6.32. The van der Waals surface area contributed by atoms with E-state index in [0.717, 1.165) is 18.7 Å². The van der Waals surface area contributed by atoms with Crippen LogP contribution in [0.3, 0.4) is 0 Å². The van der Waals surface area contributed by atoms with Crippen LogP contribution in [0.4, 0.5) is 4.79 Å². The van der Waals surface area contributed by atoms with E-state index >= 15 is 0 Å². The maximum atomic E-state index is 11.8. The molecule has 1 aliphatic rings. The number of rotatable bonds is 6. The van der Waals surface area contributed by atoms with Crippen molar-refractivity contribution in [3.8, 4) is 5.75 Å². The Morgan fingerprint density at radius 2 is 2.20 bits per heavy atom. The highest BCUT2D eigenvalue weighted by atomic mass is 16.5. The smallest absolute Gasteiger partial charge is 0.317 e. The van der Waals surface area contributed by atoms with Crippen LogP contribution in [0, 0.1) is 6.92 Å². The molecule has 0 saturated carbocycles. The van der Waals surface area contributed by atoms with Crippen molar-refractivity contribution in [1.82, 2.24) is 10.2 Å². The summed E-state index contributed by atoms with van der Waals surface area (Å²) in [5, 5.41) is 2.94. The molecule has 0 aromatic heterocycles. The van der Waals surface area contributed by atoms with E-state index < -0.39 is 0 Å². The number of carbonyl (C=O) groups is 1. The SMILES string of the molecule is CCCCCNC(=O)N1CC(Oc2cccc(C)c2)C1. The first-order chi connectivity index (χ1) is 9.69. The summed E-state index contributed by atoms with van der Waals surface area (Å²) < 4.78 is 5.83. The molecule has 2 amide bonds. The van der Waals surface area contributed by atoms with Crippen LogP contribution in [0.1, 0.15) is 31.7 Å². The Labute approximate surface area is 121 Å². The van der Waals surface area contributed by atoms with Crippen LogP contribution in [0.5, 0.6) is 5.75 Å². The minimum absolute atomic E-state index is 0.0326. The van der Waals surface area contributed by atoms with Gasteiger partial charge in [-0.05, 0) is 31.0 Å². The zero-order valence-electron chi connectivity index (χ0n) is 12.4. The van der Waals surface area contributed by atoms with Crippen LogP contribution >= 0.6 is 0 Å². The predicted molar refractivity (Wildman–Crippen MR) is 80.1 cm³/mol. The van der Waals surface area contributed by atoms with E-state index in [1.807, 2.05) is 31.2 Å². The van der Waals surface area contributed by atoms with Crippen molar-refractivity contribution >= 4 is 6.03 Å². The summed E-state index contributed by atoms with van der Waals surface area (Å²) in [5.74, 6) is 0.887. The van der Waals surface area contributed by atoms with Crippen molar-refractivity contribution in [3.05, 3.63) is 29.8 Å². The van der Waals surface area contributed by atoms with Gasteiger partial charge in [0.05, 0.1) is 13.1 Å². The molecule has 20 heavy (non-hydrogen) atoms. The van der Waals surface area contributed by atoms with Crippen molar-refractivity contribution in [2.24, 2.45) is 0 Å². The number of nitrogens with one attached hydrogen (secondary N) is 1. The normalized spacial score (nSPS) is 14.8. The van der Waals surface area contributed by atoms with Gasteiger partial charge in [-0.3, -0.25) is 0 Å². The predicted octanol–water partition coefficient (Wildman–Crippen LogP) is 2.96. The lowest BCUT2D eigenvalue weighted by atomic mass is 10.1. The second-order valence-electron chi connectivity index (χ2n) is 5.40. The highest BCUT2D eigenvalue weighted by molar-refractivity contribution is 5.75. The third kappa shape index (κ3) is 4.15. The average Bonchev–Trinajstić information content (AvgIpc) is 2.38. The Kier molecular flexibility index (Phi) is 5.27.